The minimum atomic E-state index is 0.643. The van der Waals surface area contributed by atoms with Gasteiger partial charge >= 0.3 is 0 Å². The first-order valence-electron chi connectivity index (χ1n) is 3.94. The second-order valence-corrected chi connectivity index (χ2v) is 2.63. The molecule has 0 amide bonds. The molecule has 0 saturated heterocycles. The van der Waals surface area contributed by atoms with Gasteiger partial charge in [-0.25, -0.2) is 0 Å². The number of hydrogen-bond acceptors (Lipinski definition) is 2. The molecule has 0 spiro atoms. The van der Waals surface area contributed by atoms with Crippen molar-refractivity contribution in [1.82, 2.24) is 4.98 Å². The number of hydrogen-bond donors (Lipinski definition) is 1. The molecule has 2 N–H and O–H groups in total. The summed E-state index contributed by atoms with van der Waals surface area (Å²) in [5.74, 6) is 0.643. The van der Waals surface area contributed by atoms with Gasteiger partial charge in [-0.05, 0) is 31.0 Å². The van der Waals surface area contributed by atoms with Crippen molar-refractivity contribution in [3.05, 3.63) is 30.1 Å². The van der Waals surface area contributed by atoms with Crippen LogP contribution in [0.4, 0.5) is 0 Å². The largest absolute Gasteiger partial charge is 0.388 e. The molecular weight excluding hydrogens is 150 g/mol. The third kappa shape index (κ3) is 3.14. The first-order chi connectivity index (χ1) is 5.79. The third-order valence-corrected chi connectivity index (χ3v) is 1.51. The predicted molar refractivity (Wildman–Crippen MR) is 50.1 cm³/mol. The summed E-state index contributed by atoms with van der Waals surface area (Å²) >= 11 is 0. The monoisotopic (exact) mass is 163 g/mol. The molecule has 64 valence electrons. The first kappa shape index (κ1) is 8.71. The van der Waals surface area contributed by atoms with Gasteiger partial charge < -0.3 is 5.73 Å². The zero-order chi connectivity index (χ0) is 8.81. The summed E-state index contributed by atoms with van der Waals surface area (Å²) in [6.07, 6.45) is 4.50. The van der Waals surface area contributed by atoms with Gasteiger partial charge in [0.05, 0.1) is 5.84 Å². The summed E-state index contributed by atoms with van der Waals surface area (Å²) in [6, 6.07) is 3.97. The normalized spacial score (nSPS) is 11.6. The molecule has 0 atom stereocenters. The third-order valence-electron chi connectivity index (χ3n) is 1.51. The molecule has 0 bridgehead atoms. The summed E-state index contributed by atoms with van der Waals surface area (Å²) < 4.78 is 0. The molecule has 0 aromatic carbocycles. The highest BCUT2D eigenvalue weighted by molar-refractivity contribution is 5.77. The molecule has 0 aliphatic carbocycles. The Morgan fingerprint density at radius 2 is 2.17 bits per heavy atom. The Morgan fingerprint density at radius 1 is 1.50 bits per heavy atom. The molecule has 0 aliphatic heterocycles. The van der Waals surface area contributed by atoms with Crippen LogP contribution in [-0.2, 0) is 6.42 Å². The molecule has 0 fully saturated rings. The van der Waals surface area contributed by atoms with Gasteiger partial charge in [-0.1, -0.05) is 0 Å². The van der Waals surface area contributed by atoms with Crippen LogP contribution >= 0.6 is 0 Å². The van der Waals surface area contributed by atoms with E-state index in [9.17, 15) is 0 Å². The topological polar surface area (TPSA) is 51.3 Å². The number of aliphatic imine (C=N–C) groups is 1. The molecule has 3 nitrogen and oxygen atoms in total. The Morgan fingerprint density at radius 3 is 2.75 bits per heavy atom. The Balaban J connectivity index is 2.39. The van der Waals surface area contributed by atoms with Gasteiger partial charge in [-0.15, -0.1) is 0 Å². The molecule has 0 radical (unpaired) electrons. The van der Waals surface area contributed by atoms with E-state index in [1.165, 1.54) is 5.56 Å². The summed E-state index contributed by atoms with van der Waals surface area (Å²) in [6.45, 7) is 2.55. The molecule has 1 aromatic rings. The van der Waals surface area contributed by atoms with Crippen LogP contribution in [0, 0.1) is 0 Å². The summed E-state index contributed by atoms with van der Waals surface area (Å²) in [5, 5.41) is 0. The van der Waals surface area contributed by atoms with E-state index in [0.717, 1.165) is 13.0 Å². The van der Waals surface area contributed by atoms with Gasteiger partial charge in [-0.2, -0.15) is 0 Å². The van der Waals surface area contributed by atoms with Crippen molar-refractivity contribution < 1.29 is 0 Å². The van der Waals surface area contributed by atoms with Gasteiger partial charge in [0.15, 0.2) is 0 Å². The lowest BCUT2D eigenvalue weighted by Crippen LogP contribution is -2.06. The van der Waals surface area contributed by atoms with E-state index in [2.05, 4.69) is 9.98 Å². The predicted octanol–water partition coefficient (Wildman–Crippen LogP) is 1.00. The lowest BCUT2D eigenvalue weighted by Gasteiger charge is -1.96. The van der Waals surface area contributed by atoms with Crippen molar-refractivity contribution >= 4 is 5.84 Å². The fourth-order valence-corrected chi connectivity index (χ4v) is 0.911. The fraction of sp³-hybridized carbons (Fsp3) is 0.333. The smallest absolute Gasteiger partial charge is 0.0905 e. The highest BCUT2D eigenvalue weighted by atomic mass is 14.8. The summed E-state index contributed by atoms with van der Waals surface area (Å²) in [5.41, 5.74) is 6.64. The van der Waals surface area contributed by atoms with Crippen molar-refractivity contribution in [1.29, 1.82) is 0 Å². The van der Waals surface area contributed by atoms with Crippen molar-refractivity contribution in [3.8, 4) is 0 Å². The van der Waals surface area contributed by atoms with Crippen LogP contribution in [-0.4, -0.2) is 17.4 Å². The Kier molecular flexibility index (Phi) is 3.26. The van der Waals surface area contributed by atoms with Gasteiger partial charge in [0.25, 0.3) is 0 Å². The average Bonchev–Trinajstić information content (AvgIpc) is 2.05. The Labute approximate surface area is 72.3 Å². The molecule has 0 unspecified atom stereocenters. The van der Waals surface area contributed by atoms with Gasteiger partial charge in [0, 0.05) is 18.9 Å². The molecule has 1 aromatic heterocycles. The van der Waals surface area contributed by atoms with E-state index in [-0.39, 0.29) is 0 Å². The van der Waals surface area contributed by atoms with E-state index < -0.39 is 0 Å². The van der Waals surface area contributed by atoms with Gasteiger partial charge in [0.1, 0.15) is 0 Å². The highest BCUT2D eigenvalue weighted by Gasteiger charge is 1.89. The van der Waals surface area contributed by atoms with Crippen molar-refractivity contribution in [2.45, 2.75) is 13.3 Å². The summed E-state index contributed by atoms with van der Waals surface area (Å²) in [7, 11) is 0. The van der Waals surface area contributed by atoms with E-state index >= 15 is 0 Å². The molecule has 1 rings (SSSR count). The average molecular weight is 163 g/mol. The molecule has 0 saturated carbocycles. The van der Waals surface area contributed by atoms with Crippen molar-refractivity contribution in [3.63, 3.8) is 0 Å². The van der Waals surface area contributed by atoms with Crippen LogP contribution in [0.5, 0.6) is 0 Å². The molecule has 12 heavy (non-hydrogen) atoms. The van der Waals surface area contributed by atoms with Gasteiger partial charge in [0.2, 0.25) is 0 Å². The second kappa shape index (κ2) is 4.49. The lowest BCUT2D eigenvalue weighted by atomic mass is 10.2. The molecule has 3 heteroatoms. The second-order valence-electron chi connectivity index (χ2n) is 2.63. The van der Waals surface area contributed by atoms with Crippen molar-refractivity contribution in [2.75, 3.05) is 6.54 Å². The minimum absolute atomic E-state index is 0.643. The zero-order valence-electron chi connectivity index (χ0n) is 7.20. The van der Waals surface area contributed by atoms with E-state index in [0.29, 0.717) is 5.84 Å². The van der Waals surface area contributed by atoms with Crippen LogP contribution in [0.3, 0.4) is 0 Å². The Bertz CT molecular complexity index is 250. The highest BCUT2D eigenvalue weighted by Crippen LogP contribution is 1.96. The van der Waals surface area contributed by atoms with Crippen LogP contribution in [0.25, 0.3) is 0 Å². The van der Waals surface area contributed by atoms with Crippen LogP contribution in [0.15, 0.2) is 29.5 Å². The van der Waals surface area contributed by atoms with Crippen LogP contribution in [0.1, 0.15) is 12.5 Å². The quantitative estimate of drug-likeness (QED) is 0.534. The summed E-state index contributed by atoms with van der Waals surface area (Å²) in [4.78, 5) is 8.02. The fourth-order valence-electron chi connectivity index (χ4n) is 0.911. The zero-order valence-corrected chi connectivity index (χ0v) is 7.20. The molecule has 0 aliphatic rings. The van der Waals surface area contributed by atoms with E-state index in [4.69, 9.17) is 5.73 Å². The standard InChI is InChI=1S/C9H13N3/c1-8(10)12-7-4-9-2-5-11-6-3-9/h2-3,5-6H,4,7H2,1H3,(H2,10,12). The maximum Gasteiger partial charge on any atom is 0.0905 e. The number of rotatable bonds is 3. The SMILES string of the molecule is CC(N)=NCCc1ccncc1. The van der Waals surface area contributed by atoms with E-state index in [1.807, 2.05) is 12.1 Å². The Hall–Kier alpha value is -1.38. The number of aromatic nitrogens is 1. The maximum absolute atomic E-state index is 5.39. The van der Waals surface area contributed by atoms with Crippen molar-refractivity contribution in [2.24, 2.45) is 10.7 Å². The minimum Gasteiger partial charge on any atom is -0.388 e. The maximum atomic E-state index is 5.39. The lowest BCUT2D eigenvalue weighted by molar-refractivity contribution is 0.959. The molecule has 1 heterocycles. The van der Waals surface area contributed by atoms with E-state index in [1.54, 1.807) is 19.3 Å². The van der Waals surface area contributed by atoms with Crippen LogP contribution < -0.4 is 5.73 Å². The first-order valence-corrected chi connectivity index (χ1v) is 3.94. The van der Waals surface area contributed by atoms with Crippen LogP contribution in [0.2, 0.25) is 0 Å². The number of amidine groups is 1. The number of pyridine rings is 1. The molecular formula is C9H13N3. The van der Waals surface area contributed by atoms with Gasteiger partial charge in [-0.3, -0.25) is 9.98 Å². The number of nitrogens with two attached hydrogens (primary N) is 1. The number of nitrogens with zero attached hydrogens (tertiary/aromatic N) is 2.